The quantitative estimate of drug-likeness (QED) is 0.0328. The van der Waals surface area contributed by atoms with Crippen LogP contribution in [0, 0.1) is 0 Å². The Morgan fingerprint density at radius 1 is 0.688 bits per heavy atom. The highest BCUT2D eigenvalue weighted by molar-refractivity contribution is 5.76. The molecule has 9 heteroatoms. The Balaban J connectivity index is 2.45. The van der Waals surface area contributed by atoms with Gasteiger partial charge in [0.2, 0.25) is 5.91 Å². The van der Waals surface area contributed by atoms with Crippen LogP contribution in [0.2, 0.25) is 0 Å². The van der Waals surface area contributed by atoms with E-state index in [1.165, 1.54) is 116 Å². The van der Waals surface area contributed by atoms with Gasteiger partial charge < -0.3 is 40.3 Å². The van der Waals surface area contributed by atoms with Crippen LogP contribution in [0.15, 0.2) is 12.2 Å². The Hall–Kier alpha value is -1.07. The van der Waals surface area contributed by atoms with Crippen LogP contribution in [0.5, 0.6) is 0 Å². The highest BCUT2D eigenvalue weighted by atomic mass is 16.7. The van der Waals surface area contributed by atoms with Crippen molar-refractivity contribution in [1.82, 2.24) is 5.32 Å². The standard InChI is InChI=1S/C39H75NO8/c1-3-5-7-9-11-13-15-17-18-20-22-24-26-28-33(42)32(31-47-39-38(46)37(45)36(44)34(30-41)48-39)40-35(43)29-27-25-23-21-19-16-14-12-10-8-6-4-2/h26,28,32-34,36-39,41-42,44-46H,3-25,27,29-31H2,1-2H3,(H,40,43)/b28-26+/t32-,33+,34+,36-,37?,38?,39+/m0/s1. The Morgan fingerprint density at radius 2 is 1.15 bits per heavy atom. The maximum atomic E-state index is 12.8. The number of ether oxygens (including phenoxy) is 2. The zero-order chi connectivity index (χ0) is 35.2. The highest BCUT2D eigenvalue weighted by Crippen LogP contribution is 2.22. The van der Waals surface area contributed by atoms with Gasteiger partial charge in [-0.2, -0.15) is 0 Å². The lowest BCUT2D eigenvalue weighted by Crippen LogP contribution is -2.60. The zero-order valence-electron chi connectivity index (χ0n) is 30.7. The van der Waals surface area contributed by atoms with E-state index in [0.29, 0.717) is 6.42 Å². The molecule has 284 valence electrons. The molecule has 48 heavy (non-hydrogen) atoms. The van der Waals surface area contributed by atoms with Gasteiger partial charge in [0.1, 0.15) is 24.4 Å². The SMILES string of the molecule is CCCCCCCCCCCCC/C=C/[C@@H](O)[C@H](CO[C@@H]1O[C@H](CO)[C@H](O)C(O)C1O)NC(=O)CCCCCCCCCCCCCC. The molecular weight excluding hydrogens is 610 g/mol. The Morgan fingerprint density at radius 3 is 1.62 bits per heavy atom. The maximum Gasteiger partial charge on any atom is 0.220 e. The molecule has 1 amide bonds. The lowest BCUT2D eigenvalue weighted by Gasteiger charge is -2.40. The third-order valence-electron chi connectivity index (χ3n) is 9.61. The van der Waals surface area contributed by atoms with E-state index in [2.05, 4.69) is 19.2 Å². The largest absolute Gasteiger partial charge is 0.394 e. The second kappa shape index (κ2) is 30.7. The minimum absolute atomic E-state index is 0.178. The molecule has 0 saturated carbocycles. The summed E-state index contributed by atoms with van der Waals surface area (Å²) in [5, 5.41) is 53.9. The van der Waals surface area contributed by atoms with Gasteiger partial charge in [0.05, 0.1) is 25.4 Å². The molecule has 0 aliphatic carbocycles. The van der Waals surface area contributed by atoms with Crippen LogP contribution in [0.4, 0.5) is 0 Å². The molecule has 1 saturated heterocycles. The molecule has 0 radical (unpaired) electrons. The van der Waals surface area contributed by atoms with Gasteiger partial charge in [-0.1, -0.05) is 161 Å². The summed E-state index contributed by atoms with van der Waals surface area (Å²) in [6, 6.07) is -0.796. The molecule has 2 unspecified atom stereocenters. The topological polar surface area (TPSA) is 149 Å². The molecule has 1 aliphatic heterocycles. The predicted molar refractivity (Wildman–Crippen MR) is 194 cm³/mol. The summed E-state index contributed by atoms with van der Waals surface area (Å²) in [5.74, 6) is -0.178. The van der Waals surface area contributed by atoms with Crippen LogP contribution in [-0.2, 0) is 14.3 Å². The summed E-state index contributed by atoms with van der Waals surface area (Å²) >= 11 is 0. The van der Waals surface area contributed by atoms with Crippen molar-refractivity contribution in [1.29, 1.82) is 0 Å². The lowest BCUT2D eigenvalue weighted by atomic mass is 9.99. The normalized spacial score (nSPS) is 22.7. The minimum atomic E-state index is -1.56. The fourth-order valence-electron chi connectivity index (χ4n) is 6.33. The van der Waals surface area contributed by atoms with Crippen molar-refractivity contribution >= 4 is 5.91 Å². The monoisotopic (exact) mass is 686 g/mol. The number of aliphatic hydroxyl groups is 5. The van der Waals surface area contributed by atoms with E-state index in [1.807, 2.05) is 6.08 Å². The van der Waals surface area contributed by atoms with Gasteiger partial charge >= 0.3 is 0 Å². The molecular formula is C39H75NO8. The fourth-order valence-corrected chi connectivity index (χ4v) is 6.33. The molecule has 0 bridgehead atoms. The number of unbranched alkanes of at least 4 members (excludes halogenated alkanes) is 22. The first-order valence-corrected chi connectivity index (χ1v) is 19.9. The van der Waals surface area contributed by atoms with E-state index < -0.39 is 49.5 Å². The van der Waals surface area contributed by atoms with Crippen LogP contribution in [0.3, 0.4) is 0 Å². The molecule has 1 aliphatic rings. The number of allylic oxidation sites excluding steroid dienone is 1. The number of hydrogen-bond donors (Lipinski definition) is 6. The highest BCUT2D eigenvalue weighted by Gasteiger charge is 2.44. The van der Waals surface area contributed by atoms with Gasteiger partial charge in [0.25, 0.3) is 0 Å². The number of nitrogens with one attached hydrogen (secondary N) is 1. The first-order valence-electron chi connectivity index (χ1n) is 19.9. The Bertz CT molecular complexity index is 766. The minimum Gasteiger partial charge on any atom is -0.394 e. The second-order valence-electron chi connectivity index (χ2n) is 14.1. The average molecular weight is 686 g/mol. The van der Waals surface area contributed by atoms with Crippen molar-refractivity contribution in [3.63, 3.8) is 0 Å². The van der Waals surface area contributed by atoms with Crippen molar-refractivity contribution in [2.24, 2.45) is 0 Å². The summed E-state index contributed by atoms with van der Waals surface area (Å²) in [6.45, 7) is 3.74. The van der Waals surface area contributed by atoms with E-state index in [9.17, 15) is 30.3 Å². The Labute approximate surface area is 293 Å². The summed E-state index contributed by atoms with van der Waals surface area (Å²) < 4.78 is 11.2. The molecule has 0 aromatic heterocycles. The summed E-state index contributed by atoms with van der Waals surface area (Å²) in [7, 11) is 0. The third kappa shape index (κ3) is 21.9. The van der Waals surface area contributed by atoms with Crippen LogP contribution in [0.1, 0.15) is 174 Å². The number of hydrogen-bond acceptors (Lipinski definition) is 8. The third-order valence-corrected chi connectivity index (χ3v) is 9.61. The van der Waals surface area contributed by atoms with Crippen molar-refractivity contribution in [3.05, 3.63) is 12.2 Å². The zero-order valence-corrected chi connectivity index (χ0v) is 30.7. The van der Waals surface area contributed by atoms with Crippen molar-refractivity contribution < 1.29 is 39.8 Å². The van der Waals surface area contributed by atoms with Crippen LogP contribution < -0.4 is 5.32 Å². The molecule has 0 aromatic carbocycles. The number of aliphatic hydroxyl groups excluding tert-OH is 5. The van der Waals surface area contributed by atoms with Gasteiger partial charge in [0.15, 0.2) is 6.29 Å². The lowest BCUT2D eigenvalue weighted by molar-refractivity contribution is -0.302. The maximum absolute atomic E-state index is 12.8. The number of rotatable bonds is 32. The fraction of sp³-hybridized carbons (Fsp3) is 0.923. The van der Waals surface area contributed by atoms with Crippen LogP contribution in [-0.4, -0.2) is 87.5 Å². The molecule has 6 N–H and O–H groups in total. The first kappa shape index (κ1) is 45.0. The molecule has 0 spiro atoms. The van der Waals surface area contributed by atoms with E-state index in [0.717, 1.165) is 38.5 Å². The van der Waals surface area contributed by atoms with Crippen molar-refractivity contribution in [2.45, 2.75) is 217 Å². The summed E-state index contributed by atoms with van der Waals surface area (Å²) in [6.07, 6.45) is 25.3. The molecule has 7 atom stereocenters. The van der Waals surface area contributed by atoms with Gasteiger partial charge in [0, 0.05) is 6.42 Å². The average Bonchev–Trinajstić information content (AvgIpc) is 3.08. The molecule has 1 fully saturated rings. The van der Waals surface area contributed by atoms with Gasteiger partial charge in [-0.05, 0) is 19.3 Å². The molecule has 9 nitrogen and oxygen atoms in total. The summed E-state index contributed by atoms with van der Waals surface area (Å²) in [4.78, 5) is 12.8. The van der Waals surface area contributed by atoms with Gasteiger partial charge in [-0.3, -0.25) is 4.79 Å². The Kier molecular flexibility index (Phi) is 28.8. The van der Waals surface area contributed by atoms with Gasteiger partial charge in [-0.15, -0.1) is 0 Å². The van der Waals surface area contributed by atoms with Gasteiger partial charge in [-0.25, -0.2) is 0 Å². The van der Waals surface area contributed by atoms with E-state index >= 15 is 0 Å². The second-order valence-corrected chi connectivity index (χ2v) is 14.1. The summed E-state index contributed by atoms with van der Waals surface area (Å²) in [5.41, 5.74) is 0. The molecule has 1 rings (SSSR count). The van der Waals surface area contributed by atoms with Crippen molar-refractivity contribution in [2.75, 3.05) is 13.2 Å². The van der Waals surface area contributed by atoms with Crippen LogP contribution >= 0.6 is 0 Å². The smallest absolute Gasteiger partial charge is 0.220 e. The number of carbonyl (C=O) groups is 1. The van der Waals surface area contributed by atoms with E-state index in [-0.39, 0.29) is 12.5 Å². The van der Waals surface area contributed by atoms with E-state index in [4.69, 9.17) is 9.47 Å². The van der Waals surface area contributed by atoms with Crippen molar-refractivity contribution in [3.8, 4) is 0 Å². The number of amides is 1. The molecule has 0 aromatic rings. The molecule has 1 heterocycles. The van der Waals surface area contributed by atoms with Crippen LogP contribution in [0.25, 0.3) is 0 Å². The van der Waals surface area contributed by atoms with E-state index in [1.54, 1.807) is 6.08 Å². The first-order chi connectivity index (χ1) is 23.3. The predicted octanol–water partition coefficient (Wildman–Crippen LogP) is 7.00. The number of carbonyl (C=O) groups excluding carboxylic acids is 1.